The highest BCUT2D eigenvalue weighted by Crippen LogP contribution is 2.20. The predicted molar refractivity (Wildman–Crippen MR) is 83.6 cm³/mol. The minimum atomic E-state index is -0.354. The molecule has 3 heteroatoms. The summed E-state index contributed by atoms with van der Waals surface area (Å²) in [5.41, 5.74) is 2.86. The molecule has 0 saturated carbocycles. The van der Waals surface area contributed by atoms with Crippen LogP contribution in [0.1, 0.15) is 61.5 Å². The number of aryl methyl sites for hydroxylation is 2. The van der Waals surface area contributed by atoms with Crippen molar-refractivity contribution in [1.29, 1.82) is 0 Å². The maximum absolute atomic E-state index is 12.5. The van der Waals surface area contributed by atoms with Gasteiger partial charge < -0.3 is 4.79 Å². The third-order valence-corrected chi connectivity index (χ3v) is 3.79. The molecule has 0 aliphatic rings. The van der Waals surface area contributed by atoms with E-state index in [4.69, 9.17) is 0 Å². The Balaban J connectivity index is 2.86. The molecule has 1 aromatic rings. The smallest absolute Gasteiger partial charge is 0.163 e. The van der Waals surface area contributed by atoms with Crippen LogP contribution in [0.5, 0.6) is 0 Å². The lowest BCUT2D eigenvalue weighted by molar-refractivity contribution is -0.121. The van der Waals surface area contributed by atoms with Gasteiger partial charge in [-0.25, -0.2) is 0 Å². The molecular weight excluding hydrogens is 264 g/mol. The van der Waals surface area contributed by atoms with E-state index in [1.807, 2.05) is 32.0 Å². The number of hydrogen-bond acceptors (Lipinski definition) is 3. The van der Waals surface area contributed by atoms with Crippen LogP contribution in [0.4, 0.5) is 0 Å². The van der Waals surface area contributed by atoms with Crippen molar-refractivity contribution in [2.45, 2.75) is 53.4 Å². The first-order chi connectivity index (χ1) is 9.85. The molecule has 0 radical (unpaired) electrons. The van der Waals surface area contributed by atoms with Crippen LogP contribution in [-0.2, 0) is 16.0 Å². The zero-order valence-electron chi connectivity index (χ0n) is 13.4. The van der Waals surface area contributed by atoms with Crippen LogP contribution < -0.4 is 0 Å². The van der Waals surface area contributed by atoms with Crippen molar-refractivity contribution >= 4 is 17.3 Å². The fraction of sp³-hybridized carbons (Fsp3) is 0.500. The number of ketones is 3. The van der Waals surface area contributed by atoms with E-state index in [-0.39, 0.29) is 29.7 Å². The lowest BCUT2D eigenvalue weighted by atomic mass is 9.88. The molecule has 0 fully saturated rings. The maximum Gasteiger partial charge on any atom is 0.163 e. The van der Waals surface area contributed by atoms with E-state index in [1.54, 1.807) is 0 Å². The molecule has 1 aromatic carbocycles. The Morgan fingerprint density at radius 3 is 2.33 bits per heavy atom. The van der Waals surface area contributed by atoms with Crippen LogP contribution in [0.15, 0.2) is 18.2 Å². The van der Waals surface area contributed by atoms with Gasteiger partial charge in [0.2, 0.25) is 0 Å². The largest absolute Gasteiger partial charge is 0.300 e. The number of rotatable bonds is 8. The van der Waals surface area contributed by atoms with Gasteiger partial charge in [-0.3, -0.25) is 9.59 Å². The van der Waals surface area contributed by atoms with Crippen LogP contribution in [0.2, 0.25) is 0 Å². The van der Waals surface area contributed by atoms with Crippen LogP contribution in [0.3, 0.4) is 0 Å². The van der Waals surface area contributed by atoms with Crippen molar-refractivity contribution in [3.8, 4) is 0 Å². The Labute approximate surface area is 126 Å². The molecule has 0 aromatic heterocycles. The van der Waals surface area contributed by atoms with Gasteiger partial charge >= 0.3 is 0 Å². The molecule has 0 amide bonds. The second-order valence-corrected chi connectivity index (χ2v) is 5.69. The topological polar surface area (TPSA) is 51.2 Å². The van der Waals surface area contributed by atoms with E-state index >= 15 is 0 Å². The first kappa shape index (κ1) is 17.3. The zero-order chi connectivity index (χ0) is 16.0. The molecule has 0 spiro atoms. The number of hydrogen-bond donors (Lipinski definition) is 0. The molecule has 1 unspecified atom stereocenters. The lowest BCUT2D eigenvalue weighted by Crippen LogP contribution is -2.18. The Hall–Kier alpha value is -1.77. The van der Waals surface area contributed by atoms with Crippen molar-refractivity contribution in [2.24, 2.45) is 5.92 Å². The van der Waals surface area contributed by atoms with Gasteiger partial charge in [0.1, 0.15) is 11.6 Å². The molecule has 0 aliphatic heterocycles. The molecule has 0 saturated heterocycles. The van der Waals surface area contributed by atoms with Gasteiger partial charge in [-0.15, -0.1) is 0 Å². The molecule has 0 bridgehead atoms. The van der Waals surface area contributed by atoms with Crippen molar-refractivity contribution in [1.82, 2.24) is 0 Å². The molecule has 114 valence electrons. The van der Waals surface area contributed by atoms with Gasteiger partial charge in [-0.1, -0.05) is 30.7 Å². The highest BCUT2D eigenvalue weighted by Gasteiger charge is 2.21. The molecule has 0 heterocycles. The summed E-state index contributed by atoms with van der Waals surface area (Å²) in [5.74, 6) is -0.323. The quantitative estimate of drug-likeness (QED) is 0.685. The van der Waals surface area contributed by atoms with E-state index in [1.165, 1.54) is 13.8 Å². The van der Waals surface area contributed by atoms with Gasteiger partial charge in [0.15, 0.2) is 5.78 Å². The minimum absolute atomic E-state index is 0.00407. The SMILES string of the molecule is CCc1cc(C)ccc1C(=O)CC(CCC(C)=O)C(C)=O. The van der Waals surface area contributed by atoms with Crippen LogP contribution in [-0.4, -0.2) is 17.3 Å². The van der Waals surface area contributed by atoms with Crippen LogP contribution in [0, 0.1) is 12.8 Å². The summed E-state index contributed by atoms with van der Waals surface area (Å²) in [6.45, 7) is 7.02. The summed E-state index contributed by atoms with van der Waals surface area (Å²) in [7, 11) is 0. The Bertz CT molecular complexity index is 543. The van der Waals surface area contributed by atoms with E-state index in [0.29, 0.717) is 18.4 Å². The monoisotopic (exact) mass is 288 g/mol. The van der Waals surface area contributed by atoms with Gasteiger partial charge in [0, 0.05) is 24.3 Å². The second-order valence-electron chi connectivity index (χ2n) is 5.69. The number of benzene rings is 1. The average molecular weight is 288 g/mol. The summed E-state index contributed by atoms with van der Waals surface area (Å²) in [4.78, 5) is 35.2. The van der Waals surface area contributed by atoms with E-state index in [9.17, 15) is 14.4 Å². The fourth-order valence-corrected chi connectivity index (χ4v) is 2.45. The van der Waals surface area contributed by atoms with Crippen molar-refractivity contribution < 1.29 is 14.4 Å². The van der Waals surface area contributed by atoms with Gasteiger partial charge in [0.25, 0.3) is 0 Å². The normalized spacial score (nSPS) is 12.0. The van der Waals surface area contributed by atoms with Crippen LogP contribution >= 0.6 is 0 Å². The van der Waals surface area contributed by atoms with Crippen molar-refractivity contribution in [3.63, 3.8) is 0 Å². The molecule has 3 nitrogen and oxygen atoms in total. The Morgan fingerprint density at radius 2 is 1.81 bits per heavy atom. The molecule has 1 atom stereocenters. The molecule has 21 heavy (non-hydrogen) atoms. The van der Waals surface area contributed by atoms with Gasteiger partial charge in [-0.2, -0.15) is 0 Å². The summed E-state index contributed by atoms with van der Waals surface area (Å²) < 4.78 is 0. The summed E-state index contributed by atoms with van der Waals surface area (Å²) in [6, 6.07) is 5.79. The van der Waals surface area contributed by atoms with E-state index in [2.05, 4.69) is 0 Å². The highest BCUT2D eigenvalue weighted by molar-refractivity contribution is 6.00. The summed E-state index contributed by atoms with van der Waals surface area (Å²) in [6.07, 6.45) is 1.80. The highest BCUT2D eigenvalue weighted by atomic mass is 16.1. The van der Waals surface area contributed by atoms with E-state index < -0.39 is 0 Å². The van der Waals surface area contributed by atoms with Gasteiger partial charge in [-0.05, 0) is 39.2 Å². The maximum atomic E-state index is 12.5. The number of carbonyl (C=O) groups excluding carboxylic acids is 3. The number of Topliss-reactive ketones (excluding diaryl/α,β-unsaturated/α-hetero) is 3. The van der Waals surface area contributed by atoms with Crippen molar-refractivity contribution in [3.05, 3.63) is 34.9 Å². The predicted octanol–water partition coefficient (Wildman–Crippen LogP) is 3.70. The van der Waals surface area contributed by atoms with Crippen LogP contribution in [0.25, 0.3) is 0 Å². The van der Waals surface area contributed by atoms with E-state index in [0.717, 1.165) is 17.5 Å². The standard InChI is InChI=1S/C18H24O3/c1-5-15-10-12(2)6-9-17(15)18(21)11-16(14(4)20)8-7-13(3)19/h6,9-10,16H,5,7-8,11H2,1-4H3. The third-order valence-electron chi connectivity index (χ3n) is 3.79. The fourth-order valence-electron chi connectivity index (χ4n) is 2.45. The number of carbonyl (C=O) groups is 3. The molecule has 1 rings (SSSR count). The molecular formula is C18H24O3. The average Bonchev–Trinajstić information content (AvgIpc) is 2.42. The third kappa shape index (κ3) is 5.25. The first-order valence-electron chi connectivity index (χ1n) is 7.47. The second kappa shape index (κ2) is 7.87. The molecule has 0 aliphatic carbocycles. The Kier molecular flexibility index (Phi) is 6.47. The van der Waals surface area contributed by atoms with Crippen molar-refractivity contribution in [2.75, 3.05) is 0 Å². The zero-order valence-corrected chi connectivity index (χ0v) is 13.4. The summed E-state index contributed by atoms with van der Waals surface area (Å²) >= 11 is 0. The lowest BCUT2D eigenvalue weighted by Gasteiger charge is -2.14. The summed E-state index contributed by atoms with van der Waals surface area (Å²) in [5, 5.41) is 0. The van der Waals surface area contributed by atoms with Gasteiger partial charge in [0.05, 0.1) is 0 Å². The molecule has 0 N–H and O–H groups in total. The Morgan fingerprint density at radius 1 is 1.14 bits per heavy atom. The minimum Gasteiger partial charge on any atom is -0.300 e. The first-order valence-corrected chi connectivity index (χ1v) is 7.47.